The standard InChI is InChI=1S/C29H34N6O3/c1-7-23(36)34-16-21(15-18(34)2)35-22(13-14-29(4,5)38-6)24(25-26(30)31-17-32-27(25)35)28(37)33-19(3)20-11-9-8-10-12-20/h7-12,17-19,21H,1,15-16H2,2-6H3,(H,33,37)(H2,30,31,32)/t18-,19+,21+/m0/s1. The lowest BCUT2D eigenvalue weighted by Crippen LogP contribution is -2.32. The molecule has 1 saturated heterocycles. The first-order chi connectivity index (χ1) is 18.1. The molecule has 9 nitrogen and oxygen atoms in total. The van der Waals surface area contributed by atoms with Crippen molar-refractivity contribution in [2.45, 2.75) is 57.8 Å². The third kappa shape index (κ3) is 5.13. The summed E-state index contributed by atoms with van der Waals surface area (Å²) in [6, 6.07) is 9.21. The molecule has 9 heteroatoms. The predicted octanol–water partition coefficient (Wildman–Crippen LogP) is 3.63. The van der Waals surface area contributed by atoms with Gasteiger partial charge in [0.15, 0.2) is 0 Å². The minimum atomic E-state index is -0.766. The summed E-state index contributed by atoms with van der Waals surface area (Å²) in [5.74, 6) is 6.06. The third-order valence-corrected chi connectivity index (χ3v) is 7.05. The first kappa shape index (κ1) is 26.9. The molecule has 2 amide bonds. The van der Waals surface area contributed by atoms with Crippen molar-refractivity contribution in [3.05, 3.63) is 66.1 Å². The van der Waals surface area contributed by atoms with Crippen LogP contribution in [0.1, 0.15) is 67.8 Å². The Bertz CT molecular complexity index is 1430. The van der Waals surface area contributed by atoms with Crippen LogP contribution in [0.4, 0.5) is 5.82 Å². The zero-order valence-corrected chi connectivity index (χ0v) is 22.5. The van der Waals surface area contributed by atoms with Gasteiger partial charge in [-0.25, -0.2) is 9.97 Å². The lowest BCUT2D eigenvalue weighted by atomic mass is 10.1. The summed E-state index contributed by atoms with van der Waals surface area (Å²) in [5.41, 5.74) is 7.82. The van der Waals surface area contributed by atoms with Gasteiger partial charge in [0.05, 0.1) is 23.0 Å². The number of ether oxygens (including phenoxy) is 1. The van der Waals surface area contributed by atoms with Gasteiger partial charge in [-0.3, -0.25) is 9.59 Å². The van der Waals surface area contributed by atoms with Gasteiger partial charge in [0.25, 0.3) is 5.91 Å². The van der Waals surface area contributed by atoms with Crippen molar-refractivity contribution in [3.63, 3.8) is 0 Å². The van der Waals surface area contributed by atoms with Gasteiger partial charge in [-0.05, 0) is 51.7 Å². The van der Waals surface area contributed by atoms with E-state index in [1.165, 1.54) is 12.4 Å². The van der Waals surface area contributed by atoms with Crippen molar-refractivity contribution >= 4 is 28.7 Å². The largest absolute Gasteiger partial charge is 0.383 e. The molecule has 0 radical (unpaired) electrons. The fourth-order valence-electron chi connectivity index (χ4n) is 4.82. The maximum atomic E-state index is 13.9. The highest BCUT2D eigenvalue weighted by molar-refractivity contribution is 6.12. The number of amides is 2. The zero-order valence-electron chi connectivity index (χ0n) is 22.5. The molecule has 3 heterocycles. The average Bonchev–Trinajstić information content (AvgIpc) is 3.45. The van der Waals surface area contributed by atoms with Crippen molar-refractivity contribution in [1.29, 1.82) is 0 Å². The molecule has 1 aromatic carbocycles. The SMILES string of the molecule is C=CC(=O)N1C[C@H](n2c(C#CC(C)(C)OC)c(C(=O)N[C@H](C)c3ccccc3)c3c(N)ncnc32)C[C@@H]1C. The van der Waals surface area contributed by atoms with Crippen molar-refractivity contribution in [3.8, 4) is 11.8 Å². The maximum Gasteiger partial charge on any atom is 0.255 e. The van der Waals surface area contributed by atoms with E-state index >= 15 is 0 Å². The molecule has 0 unspecified atom stereocenters. The number of carbonyl (C=O) groups excluding carboxylic acids is 2. The molecule has 0 bridgehead atoms. The minimum Gasteiger partial charge on any atom is -0.383 e. The summed E-state index contributed by atoms with van der Waals surface area (Å²) in [5, 5.41) is 3.53. The van der Waals surface area contributed by atoms with Crippen LogP contribution >= 0.6 is 0 Å². The number of nitrogens with zero attached hydrogens (tertiary/aromatic N) is 4. The Hall–Kier alpha value is -4.16. The monoisotopic (exact) mass is 514 g/mol. The Kier molecular flexibility index (Phi) is 7.56. The van der Waals surface area contributed by atoms with Crippen LogP contribution in [0.15, 0.2) is 49.3 Å². The number of hydrogen-bond donors (Lipinski definition) is 2. The predicted molar refractivity (Wildman–Crippen MR) is 147 cm³/mol. The summed E-state index contributed by atoms with van der Waals surface area (Å²) in [7, 11) is 1.58. The Morgan fingerprint density at radius 3 is 2.66 bits per heavy atom. The molecule has 3 aromatic rings. The van der Waals surface area contributed by atoms with Gasteiger partial charge < -0.3 is 25.3 Å². The van der Waals surface area contributed by atoms with Gasteiger partial charge in [0, 0.05) is 19.7 Å². The summed E-state index contributed by atoms with van der Waals surface area (Å²) in [4.78, 5) is 36.9. The summed E-state index contributed by atoms with van der Waals surface area (Å²) in [6.07, 6.45) is 3.35. The van der Waals surface area contributed by atoms with Gasteiger partial charge in [0.2, 0.25) is 5.91 Å². The smallest absolute Gasteiger partial charge is 0.255 e. The molecule has 0 aliphatic carbocycles. The van der Waals surface area contributed by atoms with Crippen LogP contribution in [0.3, 0.4) is 0 Å². The molecule has 0 saturated carbocycles. The van der Waals surface area contributed by atoms with Crippen LogP contribution in [0.2, 0.25) is 0 Å². The topological polar surface area (TPSA) is 115 Å². The van der Waals surface area contributed by atoms with Gasteiger partial charge >= 0.3 is 0 Å². The number of nitrogens with one attached hydrogen (secondary N) is 1. The lowest BCUT2D eigenvalue weighted by molar-refractivity contribution is -0.126. The van der Waals surface area contributed by atoms with Crippen LogP contribution < -0.4 is 11.1 Å². The fraction of sp³-hybridized carbons (Fsp3) is 0.379. The number of fused-ring (bicyclic) bond motifs is 1. The number of nitrogen functional groups attached to an aromatic ring is 1. The molecule has 38 heavy (non-hydrogen) atoms. The molecule has 1 fully saturated rings. The molecule has 3 N–H and O–H groups in total. The zero-order chi connectivity index (χ0) is 27.6. The van der Waals surface area contributed by atoms with Crippen LogP contribution in [0.5, 0.6) is 0 Å². The molecule has 1 aliphatic heterocycles. The van der Waals surface area contributed by atoms with Crippen molar-refractivity contribution in [2.75, 3.05) is 19.4 Å². The Balaban J connectivity index is 1.91. The van der Waals surface area contributed by atoms with Crippen LogP contribution in [-0.4, -0.2) is 56.5 Å². The summed E-state index contributed by atoms with van der Waals surface area (Å²) in [6.45, 7) is 11.7. The van der Waals surface area contributed by atoms with E-state index in [9.17, 15) is 9.59 Å². The van der Waals surface area contributed by atoms with Gasteiger partial charge in [-0.2, -0.15) is 0 Å². The fourth-order valence-corrected chi connectivity index (χ4v) is 4.82. The quantitative estimate of drug-likeness (QED) is 0.383. The number of carbonyl (C=O) groups is 2. The maximum absolute atomic E-state index is 13.9. The summed E-state index contributed by atoms with van der Waals surface area (Å²) >= 11 is 0. The molecule has 4 rings (SSSR count). The third-order valence-electron chi connectivity index (χ3n) is 7.05. The van der Waals surface area contributed by atoms with Crippen molar-refractivity contribution < 1.29 is 14.3 Å². The molecule has 3 atom stereocenters. The molecular formula is C29H34N6O3. The van der Waals surface area contributed by atoms with Crippen molar-refractivity contribution in [1.82, 2.24) is 24.8 Å². The number of rotatable bonds is 6. The second-order valence-corrected chi connectivity index (χ2v) is 10.1. The molecular weight excluding hydrogens is 480 g/mol. The van der Waals surface area contributed by atoms with Gasteiger partial charge in [0.1, 0.15) is 29.1 Å². The first-order valence-electron chi connectivity index (χ1n) is 12.6. The Morgan fingerprint density at radius 1 is 1.29 bits per heavy atom. The Morgan fingerprint density at radius 2 is 2.00 bits per heavy atom. The van der Waals surface area contributed by atoms with E-state index in [0.717, 1.165) is 5.56 Å². The van der Waals surface area contributed by atoms with Crippen LogP contribution in [0, 0.1) is 11.8 Å². The van der Waals surface area contributed by atoms with E-state index < -0.39 is 5.60 Å². The highest BCUT2D eigenvalue weighted by atomic mass is 16.5. The Labute approximate surface area is 223 Å². The highest BCUT2D eigenvalue weighted by Crippen LogP contribution is 2.36. The number of aromatic nitrogens is 3. The molecule has 198 valence electrons. The van der Waals surface area contributed by atoms with E-state index in [1.54, 1.807) is 12.0 Å². The normalized spacial score (nSPS) is 18.1. The number of nitrogens with two attached hydrogens (primary N) is 1. The van der Waals surface area contributed by atoms with Gasteiger partial charge in [-0.15, -0.1) is 0 Å². The van der Waals surface area contributed by atoms with Gasteiger partial charge in [-0.1, -0.05) is 42.8 Å². The number of anilines is 1. The number of hydrogen-bond acceptors (Lipinski definition) is 6. The van der Waals surface area contributed by atoms with E-state index in [0.29, 0.717) is 35.3 Å². The number of benzene rings is 1. The molecule has 0 spiro atoms. The first-order valence-corrected chi connectivity index (χ1v) is 12.6. The molecule has 2 aromatic heterocycles. The average molecular weight is 515 g/mol. The second kappa shape index (κ2) is 10.7. The minimum absolute atomic E-state index is 0.0336. The lowest BCUT2D eigenvalue weighted by Gasteiger charge is -2.20. The van der Waals surface area contributed by atoms with E-state index in [2.05, 4.69) is 33.7 Å². The van der Waals surface area contributed by atoms with E-state index in [-0.39, 0.29) is 35.8 Å². The second-order valence-electron chi connectivity index (χ2n) is 10.1. The van der Waals surface area contributed by atoms with E-state index in [4.69, 9.17) is 10.5 Å². The van der Waals surface area contributed by atoms with Crippen LogP contribution in [0.25, 0.3) is 11.0 Å². The van der Waals surface area contributed by atoms with Crippen molar-refractivity contribution in [2.24, 2.45) is 0 Å². The molecule has 1 aliphatic rings. The number of likely N-dealkylation sites (tertiary alicyclic amines) is 1. The number of methoxy groups -OCH3 is 1. The highest BCUT2D eigenvalue weighted by Gasteiger charge is 2.37. The van der Waals surface area contributed by atoms with Crippen LogP contribution in [-0.2, 0) is 9.53 Å². The van der Waals surface area contributed by atoms with E-state index in [1.807, 2.05) is 62.6 Å². The summed E-state index contributed by atoms with van der Waals surface area (Å²) < 4.78 is 7.46.